The van der Waals surface area contributed by atoms with E-state index in [1.807, 2.05) is 23.1 Å². The zero-order valence-electron chi connectivity index (χ0n) is 6.20. The van der Waals surface area contributed by atoms with E-state index in [0.29, 0.717) is 0 Å². The molecule has 0 unspecified atom stereocenters. The SMILES string of the molecule is [CH2]N1C=Nc2ccccc2C1. The second-order valence-electron chi connectivity index (χ2n) is 2.62. The summed E-state index contributed by atoms with van der Waals surface area (Å²) in [6.45, 7) is 0.861. The summed E-state index contributed by atoms with van der Waals surface area (Å²) in [6.07, 6.45) is 1.75. The first-order valence-electron chi connectivity index (χ1n) is 3.55. The van der Waals surface area contributed by atoms with Gasteiger partial charge in [0.1, 0.15) is 0 Å². The van der Waals surface area contributed by atoms with Crippen molar-refractivity contribution in [2.24, 2.45) is 4.99 Å². The number of fused-ring (bicyclic) bond motifs is 1. The van der Waals surface area contributed by atoms with Crippen LogP contribution in [0.15, 0.2) is 29.3 Å². The van der Waals surface area contributed by atoms with E-state index in [4.69, 9.17) is 0 Å². The minimum Gasteiger partial charge on any atom is -0.356 e. The lowest BCUT2D eigenvalue weighted by molar-refractivity contribution is 0.555. The fourth-order valence-corrected chi connectivity index (χ4v) is 1.17. The van der Waals surface area contributed by atoms with Gasteiger partial charge in [0.05, 0.1) is 12.0 Å². The Balaban J connectivity index is 2.46. The number of nitrogens with zero attached hydrogens (tertiary/aromatic N) is 2. The Kier molecular flexibility index (Phi) is 1.39. The molecular weight excluding hydrogens is 136 g/mol. The summed E-state index contributed by atoms with van der Waals surface area (Å²) in [6, 6.07) is 8.10. The van der Waals surface area contributed by atoms with Gasteiger partial charge in [-0.05, 0) is 11.6 Å². The third kappa shape index (κ3) is 1.11. The van der Waals surface area contributed by atoms with Crippen molar-refractivity contribution < 1.29 is 0 Å². The fraction of sp³-hybridized carbons (Fsp3) is 0.111. The standard InChI is InChI=1S/C9H9N2/c1-11-6-8-4-2-3-5-9(8)10-7-11/h2-5,7H,1,6H2. The normalized spacial score (nSPS) is 14.8. The van der Waals surface area contributed by atoms with Gasteiger partial charge in [-0.3, -0.25) is 0 Å². The summed E-state index contributed by atoms with van der Waals surface area (Å²) in [5.74, 6) is 0. The molecular formula is C9H9N2. The summed E-state index contributed by atoms with van der Waals surface area (Å²) in [5.41, 5.74) is 2.30. The Labute approximate surface area is 66.2 Å². The minimum atomic E-state index is 0.861. The van der Waals surface area contributed by atoms with Gasteiger partial charge in [0.25, 0.3) is 0 Å². The van der Waals surface area contributed by atoms with Crippen LogP contribution in [0.3, 0.4) is 0 Å². The van der Waals surface area contributed by atoms with Crippen molar-refractivity contribution in [2.45, 2.75) is 6.54 Å². The van der Waals surface area contributed by atoms with Crippen LogP contribution in [0.2, 0.25) is 0 Å². The van der Waals surface area contributed by atoms with E-state index in [9.17, 15) is 0 Å². The van der Waals surface area contributed by atoms with E-state index >= 15 is 0 Å². The Morgan fingerprint density at radius 3 is 3.09 bits per heavy atom. The van der Waals surface area contributed by atoms with Crippen LogP contribution in [0.5, 0.6) is 0 Å². The van der Waals surface area contributed by atoms with Gasteiger partial charge in [0.2, 0.25) is 0 Å². The number of benzene rings is 1. The quantitative estimate of drug-likeness (QED) is 0.544. The molecule has 2 heteroatoms. The molecule has 1 aliphatic rings. The average Bonchev–Trinajstić information content (AvgIpc) is 2.04. The molecule has 0 aliphatic carbocycles. The van der Waals surface area contributed by atoms with Crippen LogP contribution in [0.25, 0.3) is 0 Å². The van der Waals surface area contributed by atoms with Crippen LogP contribution >= 0.6 is 0 Å². The summed E-state index contributed by atoms with van der Waals surface area (Å²) in [5, 5.41) is 0. The molecule has 1 heterocycles. The highest BCUT2D eigenvalue weighted by molar-refractivity contribution is 5.66. The molecule has 0 saturated carbocycles. The molecule has 55 valence electrons. The van der Waals surface area contributed by atoms with Crippen molar-refractivity contribution in [2.75, 3.05) is 0 Å². The summed E-state index contributed by atoms with van der Waals surface area (Å²) >= 11 is 0. The summed E-state index contributed by atoms with van der Waals surface area (Å²) in [7, 11) is 3.78. The van der Waals surface area contributed by atoms with Crippen LogP contribution in [-0.4, -0.2) is 11.2 Å². The average molecular weight is 145 g/mol. The lowest BCUT2D eigenvalue weighted by Gasteiger charge is -2.18. The zero-order chi connectivity index (χ0) is 7.68. The zero-order valence-corrected chi connectivity index (χ0v) is 6.20. The summed E-state index contributed by atoms with van der Waals surface area (Å²) in [4.78, 5) is 6.03. The third-order valence-electron chi connectivity index (χ3n) is 1.73. The van der Waals surface area contributed by atoms with Gasteiger partial charge in [-0.15, -0.1) is 0 Å². The van der Waals surface area contributed by atoms with Gasteiger partial charge in [0.15, 0.2) is 0 Å². The fourth-order valence-electron chi connectivity index (χ4n) is 1.17. The highest BCUT2D eigenvalue weighted by atomic mass is 15.1. The van der Waals surface area contributed by atoms with E-state index < -0.39 is 0 Å². The van der Waals surface area contributed by atoms with Gasteiger partial charge >= 0.3 is 0 Å². The maximum atomic E-state index is 4.21. The van der Waals surface area contributed by atoms with Gasteiger partial charge in [-0.25, -0.2) is 4.99 Å². The van der Waals surface area contributed by atoms with Gasteiger partial charge in [-0.2, -0.15) is 0 Å². The predicted molar refractivity (Wildman–Crippen MR) is 45.5 cm³/mol. The molecule has 0 spiro atoms. The molecule has 1 aromatic rings. The number of para-hydroxylation sites is 1. The molecule has 2 nitrogen and oxygen atoms in total. The first-order chi connectivity index (χ1) is 5.36. The Bertz CT molecular complexity index is 291. The second-order valence-corrected chi connectivity index (χ2v) is 2.62. The van der Waals surface area contributed by atoms with Crippen molar-refractivity contribution >= 4 is 12.0 Å². The monoisotopic (exact) mass is 145 g/mol. The maximum Gasteiger partial charge on any atom is 0.0916 e. The van der Waals surface area contributed by atoms with E-state index in [1.54, 1.807) is 6.34 Å². The Hall–Kier alpha value is -1.31. The topological polar surface area (TPSA) is 15.6 Å². The lowest BCUT2D eigenvalue weighted by Crippen LogP contribution is -2.15. The lowest BCUT2D eigenvalue weighted by atomic mass is 10.1. The van der Waals surface area contributed by atoms with E-state index in [0.717, 1.165) is 12.2 Å². The van der Waals surface area contributed by atoms with Crippen molar-refractivity contribution in [3.63, 3.8) is 0 Å². The second kappa shape index (κ2) is 2.38. The molecule has 0 fully saturated rings. The molecule has 11 heavy (non-hydrogen) atoms. The molecule has 0 bridgehead atoms. The van der Waals surface area contributed by atoms with Crippen LogP contribution in [-0.2, 0) is 6.54 Å². The highest BCUT2D eigenvalue weighted by Gasteiger charge is 2.05. The predicted octanol–water partition coefficient (Wildman–Crippen LogP) is 1.95. The van der Waals surface area contributed by atoms with Crippen molar-refractivity contribution in [3.05, 3.63) is 36.9 Å². The van der Waals surface area contributed by atoms with Crippen molar-refractivity contribution in [1.82, 2.24) is 4.90 Å². The number of aliphatic imine (C=N–C) groups is 1. The molecule has 2 rings (SSSR count). The molecule has 1 aliphatic heterocycles. The number of hydrogen-bond donors (Lipinski definition) is 0. The summed E-state index contributed by atoms with van der Waals surface area (Å²) < 4.78 is 0. The van der Waals surface area contributed by atoms with Gasteiger partial charge in [-0.1, -0.05) is 18.2 Å². The first-order valence-corrected chi connectivity index (χ1v) is 3.55. The van der Waals surface area contributed by atoms with Crippen LogP contribution in [0.4, 0.5) is 5.69 Å². The molecule has 0 amide bonds. The molecule has 0 atom stereocenters. The van der Waals surface area contributed by atoms with Gasteiger partial charge < -0.3 is 4.90 Å². The van der Waals surface area contributed by atoms with E-state index in [1.165, 1.54) is 5.56 Å². The largest absolute Gasteiger partial charge is 0.356 e. The molecule has 1 aromatic carbocycles. The van der Waals surface area contributed by atoms with Crippen molar-refractivity contribution in [3.8, 4) is 0 Å². The molecule has 0 saturated heterocycles. The molecule has 0 aromatic heterocycles. The first kappa shape index (κ1) is 6.40. The highest BCUT2D eigenvalue weighted by Crippen LogP contribution is 2.22. The van der Waals surface area contributed by atoms with Crippen molar-refractivity contribution in [1.29, 1.82) is 0 Å². The van der Waals surface area contributed by atoms with E-state index in [-0.39, 0.29) is 0 Å². The third-order valence-corrected chi connectivity index (χ3v) is 1.73. The van der Waals surface area contributed by atoms with Crippen LogP contribution < -0.4 is 0 Å². The Morgan fingerprint density at radius 1 is 1.36 bits per heavy atom. The van der Waals surface area contributed by atoms with Crippen LogP contribution in [0, 0.1) is 7.05 Å². The smallest absolute Gasteiger partial charge is 0.0916 e. The number of hydrogen-bond acceptors (Lipinski definition) is 2. The van der Waals surface area contributed by atoms with Crippen LogP contribution in [0.1, 0.15) is 5.56 Å². The van der Waals surface area contributed by atoms with Gasteiger partial charge in [0, 0.05) is 13.6 Å². The molecule has 1 radical (unpaired) electrons. The number of rotatable bonds is 0. The minimum absolute atomic E-state index is 0.861. The Morgan fingerprint density at radius 2 is 2.18 bits per heavy atom. The molecule has 0 N–H and O–H groups in total. The van der Waals surface area contributed by atoms with E-state index in [2.05, 4.69) is 18.1 Å². The maximum absolute atomic E-state index is 4.21.